The van der Waals surface area contributed by atoms with Gasteiger partial charge in [0.05, 0.1) is 12.8 Å². The van der Waals surface area contributed by atoms with Crippen LogP contribution >= 0.6 is 15.9 Å². The van der Waals surface area contributed by atoms with Crippen molar-refractivity contribution in [1.82, 2.24) is 9.78 Å². The van der Waals surface area contributed by atoms with Gasteiger partial charge in [-0.2, -0.15) is 5.10 Å². The maximum Gasteiger partial charge on any atom is 0.122 e. The van der Waals surface area contributed by atoms with Crippen LogP contribution in [0.25, 0.3) is 0 Å². The van der Waals surface area contributed by atoms with Crippen LogP contribution in [0.3, 0.4) is 0 Å². The monoisotopic (exact) mass is 337 g/mol. The summed E-state index contributed by atoms with van der Waals surface area (Å²) in [7, 11) is 3.62. The van der Waals surface area contributed by atoms with Crippen LogP contribution in [0.15, 0.2) is 22.7 Å². The predicted molar refractivity (Wildman–Crippen MR) is 84.0 cm³/mol. The van der Waals surface area contributed by atoms with E-state index in [9.17, 15) is 0 Å². The molecule has 0 spiro atoms. The lowest BCUT2D eigenvalue weighted by molar-refractivity contribution is 0.408. The molecule has 1 aromatic carbocycles. The fraction of sp³-hybridized carbons (Fsp3) is 0.400. The molecule has 1 aromatic heterocycles. The number of methoxy groups -OCH3 is 1. The summed E-state index contributed by atoms with van der Waals surface area (Å²) < 4.78 is 8.31. The lowest BCUT2D eigenvalue weighted by Gasteiger charge is -2.15. The van der Waals surface area contributed by atoms with Gasteiger partial charge in [0.15, 0.2) is 0 Å². The average molecular weight is 338 g/mol. The molecule has 0 radical (unpaired) electrons. The number of hydrogen-bond acceptors (Lipinski definition) is 3. The van der Waals surface area contributed by atoms with Gasteiger partial charge >= 0.3 is 0 Å². The summed E-state index contributed by atoms with van der Waals surface area (Å²) in [6, 6.07) is 5.88. The Balaban J connectivity index is 2.32. The van der Waals surface area contributed by atoms with Crippen LogP contribution in [0.1, 0.15) is 28.6 Å². The van der Waals surface area contributed by atoms with Crippen molar-refractivity contribution in [3.05, 3.63) is 45.2 Å². The topological polar surface area (TPSA) is 53.1 Å². The maximum absolute atomic E-state index is 6.39. The van der Waals surface area contributed by atoms with Crippen molar-refractivity contribution in [3.63, 3.8) is 0 Å². The molecular formula is C15H20BrN3O. The largest absolute Gasteiger partial charge is 0.496 e. The Kier molecular flexibility index (Phi) is 4.50. The zero-order valence-electron chi connectivity index (χ0n) is 12.3. The quantitative estimate of drug-likeness (QED) is 0.932. The first kappa shape index (κ1) is 15.1. The van der Waals surface area contributed by atoms with Crippen LogP contribution in [0.5, 0.6) is 5.75 Å². The van der Waals surface area contributed by atoms with Crippen LogP contribution in [0.2, 0.25) is 0 Å². The van der Waals surface area contributed by atoms with E-state index in [1.54, 1.807) is 7.11 Å². The third-order valence-electron chi connectivity index (χ3n) is 3.62. The Hall–Kier alpha value is -1.33. The van der Waals surface area contributed by atoms with E-state index in [1.165, 1.54) is 0 Å². The summed E-state index contributed by atoms with van der Waals surface area (Å²) in [6.07, 6.45) is 0.718. The van der Waals surface area contributed by atoms with E-state index in [-0.39, 0.29) is 6.04 Å². The third kappa shape index (κ3) is 2.88. The molecule has 2 aromatic rings. The third-order valence-corrected chi connectivity index (χ3v) is 4.11. The van der Waals surface area contributed by atoms with Crippen molar-refractivity contribution < 1.29 is 4.74 Å². The average Bonchev–Trinajstić information content (AvgIpc) is 2.63. The molecule has 0 saturated carbocycles. The summed E-state index contributed by atoms with van der Waals surface area (Å²) in [4.78, 5) is 0. The highest BCUT2D eigenvalue weighted by Crippen LogP contribution is 2.29. The number of benzene rings is 1. The van der Waals surface area contributed by atoms with Gasteiger partial charge in [-0.1, -0.05) is 15.9 Å². The minimum Gasteiger partial charge on any atom is -0.496 e. The minimum absolute atomic E-state index is 0.0908. The first-order chi connectivity index (χ1) is 9.43. The van der Waals surface area contributed by atoms with Crippen molar-refractivity contribution in [1.29, 1.82) is 0 Å². The molecule has 0 aliphatic rings. The molecule has 1 atom stereocenters. The van der Waals surface area contributed by atoms with Crippen LogP contribution in [-0.2, 0) is 13.5 Å². The highest BCUT2D eigenvalue weighted by molar-refractivity contribution is 9.10. The molecule has 0 amide bonds. The van der Waals surface area contributed by atoms with Gasteiger partial charge in [0, 0.05) is 28.8 Å². The molecule has 5 heteroatoms. The zero-order valence-corrected chi connectivity index (χ0v) is 13.9. The van der Waals surface area contributed by atoms with Gasteiger partial charge < -0.3 is 10.5 Å². The van der Waals surface area contributed by atoms with Crippen molar-refractivity contribution in [2.24, 2.45) is 12.8 Å². The fourth-order valence-corrected chi connectivity index (χ4v) is 2.98. The van der Waals surface area contributed by atoms with Crippen LogP contribution in [-0.4, -0.2) is 16.9 Å². The second-order valence-corrected chi connectivity index (χ2v) is 5.89. The molecule has 2 N–H and O–H groups in total. The minimum atomic E-state index is -0.0908. The Bertz CT molecular complexity index is 622. The van der Waals surface area contributed by atoms with Crippen molar-refractivity contribution in [3.8, 4) is 5.75 Å². The van der Waals surface area contributed by atoms with Gasteiger partial charge in [0.25, 0.3) is 0 Å². The molecule has 1 unspecified atom stereocenters. The van der Waals surface area contributed by atoms with E-state index in [0.29, 0.717) is 0 Å². The second kappa shape index (κ2) is 5.97. The number of hydrogen-bond donors (Lipinski definition) is 1. The molecule has 0 aliphatic carbocycles. The lowest BCUT2D eigenvalue weighted by atomic mass is 9.97. The van der Waals surface area contributed by atoms with E-state index in [0.717, 1.165) is 39.2 Å². The number of aryl methyl sites for hydroxylation is 2. The van der Waals surface area contributed by atoms with E-state index < -0.39 is 0 Å². The molecule has 0 fully saturated rings. The predicted octanol–water partition coefficient (Wildman–Crippen LogP) is 3.05. The smallest absolute Gasteiger partial charge is 0.122 e. The van der Waals surface area contributed by atoms with E-state index >= 15 is 0 Å². The Labute approximate surface area is 128 Å². The number of rotatable bonds is 4. The summed E-state index contributed by atoms with van der Waals surface area (Å²) in [5, 5.41) is 4.43. The SMILES string of the molecule is COc1ccc(Br)cc1CC(N)c1c(C)nn(C)c1C. The zero-order chi connectivity index (χ0) is 14.9. The molecule has 4 nitrogen and oxygen atoms in total. The highest BCUT2D eigenvalue weighted by atomic mass is 79.9. The van der Waals surface area contributed by atoms with Gasteiger partial charge in [0.1, 0.15) is 5.75 Å². The molecule has 0 aliphatic heterocycles. The van der Waals surface area contributed by atoms with Gasteiger partial charge in [-0.3, -0.25) is 4.68 Å². The summed E-state index contributed by atoms with van der Waals surface area (Å²) in [5.41, 5.74) is 10.7. The summed E-state index contributed by atoms with van der Waals surface area (Å²) in [6.45, 7) is 4.05. The second-order valence-electron chi connectivity index (χ2n) is 4.97. The Morgan fingerprint density at radius 1 is 1.40 bits per heavy atom. The molecule has 108 valence electrons. The first-order valence-corrected chi connectivity index (χ1v) is 7.31. The van der Waals surface area contributed by atoms with E-state index in [1.807, 2.05) is 37.7 Å². The van der Waals surface area contributed by atoms with Gasteiger partial charge in [-0.25, -0.2) is 0 Å². The number of nitrogens with two attached hydrogens (primary N) is 1. The van der Waals surface area contributed by atoms with Crippen LogP contribution < -0.4 is 10.5 Å². The van der Waals surface area contributed by atoms with Gasteiger partial charge in [-0.05, 0) is 44.0 Å². The molecule has 2 rings (SSSR count). The standard InChI is InChI=1S/C15H20BrN3O/c1-9-15(10(2)19(3)18-9)13(17)8-11-7-12(16)5-6-14(11)20-4/h5-7,13H,8,17H2,1-4H3. The Morgan fingerprint density at radius 2 is 2.10 bits per heavy atom. The normalized spacial score (nSPS) is 12.5. The van der Waals surface area contributed by atoms with E-state index in [2.05, 4.69) is 27.1 Å². The number of ether oxygens (including phenoxy) is 1. The number of aromatic nitrogens is 2. The van der Waals surface area contributed by atoms with E-state index in [4.69, 9.17) is 10.5 Å². The van der Waals surface area contributed by atoms with Crippen LogP contribution in [0, 0.1) is 13.8 Å². The Morgan fingerprint density at radius 3 is 2.65 bits per heavy atom. The number of halogens is 1. The molecule has 0 bridgehead atoms. The molecule has 1 heterocycles. The van der Waals surface area contributed by atoms with Gasteiger partial charge in [-0.15, -0.1) is 0 Å². The maximum atomic E-state index is 6.39. The van der Waals surface area contributed by atoms with Gasteiger partial charge in [0.2, 0.25) is 0 Å². The van der Waals surface area contributed by atoms with Crippen molar-refractivity contribution in [2.45, 2.75) is 26.3 Å². The molecule has 0 saturated heterocycles. The summed E-state index contributed by atoms with van der Waals surface area (Å²) >= 11 is 3.49. The van der Waals surface area contributed by atoms with Crippen molar-refractivity contribution in [2.75, 3.05) is 7.11 Å². The number of nitrogens with zero attached hydrogens (tertiary/aromatic N) is 2. The van der Waals surface area contributed by atoms with Crippen molar-refractivity contribution >= 4 is 15.9 Å². The molecular weight excluding hydrogens is 318 g/mol. The summed E-state index contributed by atoms with van der Waals surface area (Å²) in [5.74, 6) is 0.864. The highest BCUT2D eigenvalue weighted by Gasteiger charge is 2.18. The fourth-order valence-electron chi connectivity index (χ4n) is 2.57. The molecule has 20 heavy (non-hydrogen) atoms. The lowest BCUT2D eigenvalue weighted by Crippen LogP contribution is -2.16. The van der Waals surface area contributed by atoms with Crippen LogP contribution in [0.4, 0.5) is 0 Å². The first-order valence-electron chi connectivity index (χ1n) is 6.52.